The quantitative estimate of drug-likeness (QED) is 0.772. The second kappa shape index (κ2) is 9.24. The first-order chi connectivity index (χ1) is 12.8. The van der Waals surface area contributed by atoms with E-state index in [0.717, 1.165) is 5.56 Å². The molecule has 1 N–H and O–H groups in total. The van der Waals surface area contributed by atoms with Gasteiger partial charge in [-0.05, 0) is 57.0 Å². The molecule has 27 heavy (non-hydrogen) atoms. The van der Waals surface area contributed by atoms with Gasteiger partial charge in [0.25, 0.3) is 0 Å². The van der Waals surface area contributed by atoms with E-state index >= 15 is 0 Å². The van der Waals surface area contributed by atoms with Crippen LogP contribution in [0, 0.1) is 0 Å². The Hall–Kier alpha value is -2.79. The van der Waals surface area contributed by atoms with E-state index in [9.17, 15) is 9.90 Å². The summed E-state index contributed by atoms with van der Waals surface area (Å²) >= 11 is 0. The summed E-state index contributed by atoms with van der Waals surface area (Å²) in [7, 11) is 1.59. The van der Waals surface area contributed by atoms with Crippen molar-refractivity contribution in [2.75, 3.05) is 12.0 Å². The van der Waals surface area contributed by atoms with Gasteiger partial charge in [0.2, 0.25) is 0 Å². The lowest BCUT2D eigenvalue weighted by molar-refractivity contribution is 0.0596. The highest BCUT2D eigenvalue weighted by molar-refractivity contribution is 5.89. The average Bonchev–Trinajstić information content (AvgIpc) is 2.64. The molecule has 0 aliphatic rings. The van der Waals surface area contributed by atoms with E-state index in [1.165, 1.54) is 4.90 Å². The zero-order valence-electron chi connectivity index (χ0n) is 16.3. The molecule has 2 rings (SSSR count). The van der Waals surface area contributed by atoms with Crippen molar-refractivity contribution >= 4 is 11.8 Å². The lowest BCUT2D eigenvalue weighted by Gasteiger charge is -2.25. The Morgan fingerprint density at radius 1 is 1.11 bits per heavy atom. The third-order valence-corrected chi connectivity index (χ3v) is 3.74. The molecule has 2 aromatic rings. The number of hydrogen-bond acceptors (Lipinski definition) is 4. The summed E-state index contributed by atoms with van der Waals surface area (Å²) in [6.45, 7) is 5.46. The Labute approximate surface area is 160 Å². The average molecular weight is 369 g/mol. The van der Waals surface area contributed by atoms with Crippen LogP contribution >= 0.6 is 0 Å². The van der Waals surface area contributed by atoms with E-state index in [2.05, 4.69) is 0 Å². The van der Waals surface area contributed by atoms with Crippen LogP contribution in [0.2, 0.25) is 0 Å². The summed E-state index contributed by atoms with van der Waals surface area (Å²) in [6, 6.07) is 16.5. The fraction of sp³-hybridized carbons (Fsp3) is 0.318. The number of nitrogens with zero attached hydrogens (tertiary/aromatic N) is 1. The van der Waals surface area contributed by atoms with Crippen molar-refractivity contribution in [2.24, 2.45) is 0 Å². The van der Waals surface area contributed by atoms with Crippen LogP contribution in [0.4, 0.5) is 10.5 Å². The number of amides is 1. The number of carbonyl (C=O) groups is 1. The molecule has 0 fully saturated rings. The second-order valence-corrected chi connectivity index (χ2v) is 7.10. The van der Waals surface area contributed by atoms with Crippen LogP contribution in [-0.4, -0.2) is 23.9 Å². The number of carbonyl (C=O) groups excluding carboxylic acids is 1. The largest absolute Gasteiger partial charge is 0.497 e. The molecule has 0 bridgehead atoms. The Morgan fingerprint density at radius 2 is 1.74 bits per heavy atom. The van der Waals surface area contributed by atoms with Crippen molar-refractivity contribution in [3.8, 4) is 5.75 Å². The summed E-state index contributed by atoms with van der Waals surface area (Å²) in [6.07, 6.45) is 2.63. The number of anilines is 1. The van der Waals surface area contributed by atoms with Gasteiger partial charge in [-0.1, -0.05) is 36.4 Å². The first-order valence-electron chi connectivity index (χ1n) is 8.86. The Balaban J connectivity index is 2.16. The van der Waals surface area contributed by atoms with Crippen molar-refractivity contribution < 1.29 is 19.4 Å². The highest BCUT2D eigenvalue weighted by Crippen LogP contribution is 2.23. The summed E-state index contributed by atoms with van der Waals surface area (Å²) in [4.78, 5) is 14.0. The molecule has 1 atom stereocenters. The van der Waals surface area contributed by atoms with Crippen LogP contribution in [0.5, 0.6) is 5.75 Å². The minimum atomic E-state index is -0.640. The van der Waals surface area contributed by atoms with Gasteiger partial charge in [0, 0.05) is 6.20 Å². The monoisotopic (exact) mass is 369 g/mol. The van der Waals surface area contributed by atoms with Crippen molar-refractivity contribution in [2.45, 2.75) is 38.9 Å². The number of rotatable bonds is 6. The predicted octanol–water partition coefficient (Wildman–Crippen LogP) is 5.07. The van der Waals surface area contributed by atoms with E-state index in [1.807, 2.05) is 51.1 Å². The molecule has 0 aliphatic heterocycles. The molecule has 5 nitrogen and oxygen atoms in total. The summed E-state index contributed by atoms with van der Waals surface area (Å²) in [5.41, 5.74) is 0.866. The minimum Gasteiger partial charge on any atom is -0.497 e. The number of hydrogen-bond donors (Lipinski definition) is 1. The van der Waals surface area contributed by atoms with Gasteiger partial charge < -0.3 is 14.6 Å². The van der Waals surface area contributed by atoms with Gasteiger partial charge >= 0.3 is 6.09 Å². The predicted molar refractivity (Wildman–Crippen MR) is 107 cm³/mol. The minimum absolute atomic E-state index is 0.374. The van der Waals surface area contributed by atoms with Crippen molar-refractivity contribution in [1.82, 2.24) is 0 Å². The molecule has 0 spiro atoms. The highest BCUT2D eigenvalue weighted by atomic mass is 16.6. The van der Waals surface area contributed by atoms with E-state index < -0.39 is 17.8 Å². The number of aliphatic hydroxyl groups excluding tert-OH is 1. The Morgan fingerprint density at radius 3 is 2.30 bits per heavy atom. The van der Waals surface area contributed by atoms with Crippen LogP contribution in [0.3, 0.4) is 0 Å². The molecule has 144 valence electrons. The number of benzene rings is 2. The molecule has 2 aromatic carbocycles. The van der Waals surface area contributed by atoms with E-state index in [0.29, 0.717) is 17.9 Å². The van der Waals surface area contributed by atoms with Gasteiger partial charge in [0.1, 0.15) is 11.4 Å². The molecule has 0 aliphatic carbocycles. The Bertz CT molecular complexity index is 748. The lowest BCUT2D eigenvalue weighted by atomic mass is 10.1. The van der Waals surface area contributed by atoms with E-state index in [-0.39, 0.29) is 0 Å². The molecule has 5 heteroatoms. The van der Waals surface area contributed by atoms with Gasteiger partial charge in [-0.3, -0.25) is 4.90 Å². The first kappa shape index (κ1) is 20.5. The maximum atomic E-state index is 12.6. The van der Waals surface area contributed by atoms with E-state index in [1.54, 1.807) is 43.7 Å². The molecular formula is C22H27NO4. The molecule has 1 unspecified atom stereocenters. The van der Waals surface area contributed by atoms with Crippen LogP contribution in [0.15, 0.2) is 66.9 Å². The van der Waals surface area contributed by atoms with Gasteiger partial charge in [-0.2, -0.15) is 0 Å². The summed E-state index contributed by atoms with van der Waals surface area (Å²) in [5.74, 6) is 0.700. The fourth-order valence-electron chi connectivity index (χ4n) is 2.41. The molecular weight excluding hydrogens is 342 g/mol. The van der Waals surface area contributed by atoms with Gasteiger partial charge in [-0.15, -0.1) is 0 Å². The number of aliphatic hydroxyl groups is 1. The summed E-state index contributed by atoms with van der Waals surface area (Å²) < 4.78 is 10.7. The smallest absolute Gasteiger partial charge is 0.418 e. The molecule has 0 saturated heterocycles. The number of ether oxygens (including phenoxy) is 2. The van der Waals surface area contributed by atoms with Gasteiger partial charge in [-0.25, -0.2) is 4.79 Å². The standard InChI is InChI=1S/C22H27NO4/c1-22(2,3)27-21(25)23(18-12-14-19(26-4)15-13-18)16-8-11-20(24)17-9-6-5-7-10-17/h5-10,12-16,20,24H,11H2,1-4H3/b16-8+. The van der Waals surface area contributed by atoms with Crippen LogP contribution in [-0.2, 0) is 4.74 Å². The SMILES string of the molecule is COc1ccc(N(/C=C/CC(O)c2ccccc2)C(=O)OC(C)(C)C)cc1. The lowest BCUT2D eigenvalue weighted by Crippen LogP contribution is -2.33. The first-order valence-corrected chi connectivity index (χ1v) is 8.86. The van der Waals surface area contributed by atoms with Crippen molar-refractivity contribution in [1.29, 1.82) is 0 Å². The van der Waals surface area contributed by atoms with E-state index in [4.69, 9.17) is 9.47 Å². The molecule has 0 aromatic heterocycles. The molecule has 0 saturated carbocycles. The van der Waals surface area contributed by atoms with Crippen molar-refractivity contribution in [3.63, 3.8) is 0 Å². The molecule has 1 amide bonds. The number of methoxy groups -OCH3 is 1. The third kappa shape index (κ3) is 6.46. The molecule has 0 heterocycles. The topological polar surface area (TPSA) is 59.0 Å². The van der Waals surface area contributed by atoms with Crippen LogP contribution in [0.25, 0.3) is 0 Å². The van der Waals surface area contributed by atoms with Crippen molar-refractivity contribution in [3.05, 3.63) is 72.4 Å². The second-order valence-electron chi connectivity index (χ2n) is 7.10. The Kier molecular flexibility index (Phi) is 7.02. The molecule has 0 radical (unpaired) electrons. The third-order valence-electron chi connectivity index (χ3n) is 3.74. The van der Waals surface area contributed by atoms with Gasteiger partial charge in [0.05, 0.1) is 18.9 Å². The highest BCUT2D eigenvalue weighted by Gasteiger charge is 2.22. The van der Waals surface area contributed by atoms with Crippen LogP contribution in [0.1, 0.15) is 38.9 Å². The maximum Gasteiger partial charge on any atom is 0.418 e. The zero-order chi connectivity index (χ0) is 19.9. The summed E-state index contributed by atoms with van der Waals surface area (Å²) in [5, 5.41) is 10.3. The van der Waals surface area contributed by atoms with Gasteiger partial charge in [0.15, 0.2) is 0 Å². The maximum absolute atomic E-state index is 12.6. The fourth-order valence-corrected chi connectivity index (χ4v) is 2.41. The normalized spacial score (nSPS) is 12.6. The van der Waals surface area contributed by atoms with Crippen LogP contribution < -0.4 is 9.64 Å². The zero-order valence-corrected chi connectivity index (χ0v) is 16.3.